The van der Waals surface area contributed by atoms with Gasteiger partial charge in [0.2, 0.25) is 0 Å². The Labute approximate surface area is 869 Å². The minimum atomic E-state index is 0.0893. The van der Waals surface area contributed by atoms with E-state index in [9.17, 15) is 0 Å². The van der Waals surface area contributed by atoms with Gasteiger partial charge < -0.3 is 8.83 Å². The molecule has 6 heteroatoms. The van der Waals surface area contributed by atoms with E-state index in [1.807, 2.05) is 0 Å². The van der Waals surface area contributed by atoms with Crippen LogP contribution in [0.15, 0.2) is 503 Å². The Hall–Kier alpha value is -18.5. The van der Waals surface area contributed by atoms with Crippen molar-refractivity contribution in [1.82, 2.24) is 0 Å². The van der Waals surface area contributed by atoms with Crippen LogP contribution in [-0.4, -0.2) is 29.0 Å². The molecule has 0 aliphatic heterocycles. The van der Waals surface area contributed by atoms with Crippen molar-refractivity contribution >= 4 is 285 Å². The van der Waals surface area contributed by atoms with Crippen molar-refractivity contribution in [3.63, 3.8) is 0 Å². The van der Waals surface area contributed by atoms with Crippen LogP contribution < -0.4 is 0 Å². The second-order valence-corrected chi connectivity index (χ2v) is 44.7. The van der Waals surface area contributed by atoms with E-state index in [0.717, 1.165) is 87.8 Å². The topological polar surface area (TPSA) is 52.6 Å². The van der Waals surface area contributed by atoms with Gasteiger partial charge in [0, 0.05) is 5.39 Å². The summed E-state index contributed by atoms with van der Waals surface area (Å²) in [5, 5.41) is 44.1. The van der Waals surface area contributed by atoms with Gasteiger partial charge >= 0.3 is 708 Å². The van der Waals surface area contributed by atoms with Crippen molar-refractivity contribution in [1.29, 1.82) is 0 Å². The number of furan rings is 4. The first kappa shape index (κ1) is 83.8. The molecule has 0 bridgehead atoms. The van der Waals surface area contributed by atoms with Gasteiger partial charge in [0.05, 0.1) is 0 Å². The van der Waals surface area contributed by atoms with E-state index in [0.29, 0.717) is 0 Å². The van der Waals surface area contributed by atoms with Crippen LogP contribution in [0.1, 0.15) is 0 Å². The Morgan fingerprint density at radius 2 is 0.347 bits per heavy atom. The third-order valence-corrected chi connectivity index (χ3v) is 37.6. The fourth-order valence-electron chi connectivity index (χ4n) is 26.0. The molecule has 0 fully saturated rings. The molecule has 6 heterocycles. The van der Waals surface area contributed by atoms with Crippen molar-refractivity contribution in [3.8, 4) is 89.0 Å². The fraction of sp³-hybridized carbons (Fsp3) is 0. The molecule has 0 spiro atoms. The van der Waals surface area contributed by atoms with Crippen molar-refractivity contribution in [3.05, 3.63) is 485 Å². The van der Waals surface area contributed by atoms with E-state index in [4.69, 9.17) is 17.7 Å². The van der Waals surface area contributed by atoms with E-state index < -0.39 is 0 Å². The molecule has 0 atom stereocenters. The van der Waals surface area contributed by atoms with E-state index in [1.54, 1.807) is 0 Å². The molecule has 0 amide bonds. The standard InChI is InChI=1S/2C72H40O2Se/c1-3-16-46-41(14-1)28-35-63-70(46)59-39-43(30-33-61(59)73-63)66-48-18-5-7-20-50(48)68(51-21-8-6-19-49(51)66)45-32-37-65-58(38-45)56-26-13-27-57(72(56)75-65)69-54-24-11-9-22-52(54)67(53-23-10-12-25-55(53)69)44-31-34-62-60(40-44)71-47-17-4-2-15-42(47)29-36-64(71)74-62;1-3-16-46-41(14-1)28-33-56-60-38-43(30-35-63(60)73-70(46)56)66-48-18-5-7-20-50(48)68(51-21-8-6-19-49(51)66)45-32-37-65-62(40-45)58-26-13-27-59(72(58)75-65)69-54-24-11-9-22-52(54)67(53-23-10-12-25-55(53)69)44-31-36-64-61(39-44)57-34-29-42-15-2-4-17-47(42)71(57)74-64/h2*1-40H. The normalized spacial score (nSPS) is 12.3. The van der Waals surface area contributed by atoms with E-state index in [2.05, 4.69) is 485 Å². The van der Waals surface area contributed by atoms with Gasteiger partial charge in [0.1, 0.15) is 11.2 Å². The Bertz CT molecular complexity index is 11700. The molecule has 0 radical (unpaired) electrons. The number of fused-ring (bicyclic) bond motifs is 34. The number of hydrogen-bond acceptors (Lipinski definition) is 4. The first-order chi connectivity index (χ1) is 74.4. The van der Waals surface area contributed by atoms with Gasteiger partial charge in [-0.15, -0.1) is 0 Å². The molecule has 0 aliphatic carbocycles. The first-order valence-electron chi connectivity index (χ1n) is 51.4. The van der Waals surface area contributed by atoms with Crippen LogP contribution in [0.2, 0.25) is 0 Å². The minimum absolute atomic E-state index is 0.0893. The molecule has 0 N–H and O–H groups in total. The summed E-state index contributed by atoms with van der Waals surface area (Å²) in [6, 6.07) is 180. The summed E-state index contributed by atoms with van der Waals surface area (Å²) < 4.78 is 31.9. The van der Waals surface area contributed by atoms with Crippen molar-refractivity contribution in [2.45, 2.75) is 0 Å². The predicted molar refractivity (Wildman–Crippen MR) is 639 cm³/mol. The second kappa shape index (κ2) is 32.5. The van der Waals surface area contributed by atoms with Crippen LogP contribution in [0.5, 0.6) is 0 Å². The van der Waals surface area contributed by atoms with Crippen LogP contribution in [0, 0.1) is 0 Å². The van der Waals surface area contributed by atoms with Crippen LogP contribution in [0.3, 0.4) is 0 Å². The van der Waals surface area contributed by atoms with Crippen molar-refractivity contribution in [2.24, 2.45) is 0 Å². The monoisotopic (exact) mass is 2030 g/mol. The summed E-state index contributed by atoms with van der Waals surface area (Å²) in [7, 11) is 0. The van der Waals surface area contributed by atoms with Gasteiger partial charge in [-0.3, -0.25) is 0 Å². The molecule has 692 valence electrons. The summed E-state index contributed by atoms with van der Waals surface area (Å²) in [5.74, 6) is 0. The Kier molecular flexibility index (Phi) is 18.2. The molecular weight excluding hydrogens is 1950 g/mol. The maximum absolute atomic E-state index is 6.60. The Morgan fingerprint density at radius 3 is 0.647 bits per heavy atom. The molecule has 34 rings (SSSR count). The molecule has 4 nitrogen and oxygen atoms in total. The quantitative estimate of drug-likeness (QED) is 0.112. The van der Waals surface area contributed by atoms with Crippen LogP contribution in [0.25, 0.3) is 345 Å². The zero-order chi connectivity index (χ0) is 97.8. The average Bonchev–Trinajstić information content (AvgIpc) is 1.33. The summed E-state index contributed by atoms with van der Waals surface area (Å²) in [6.07, 6.45) is 0. The average molecular weight is 2030 g/mol. The summed E-state index contributed by atoms with van der Waals surface area (Å²) >= 11 is 0.181. The summed E-state index contributed by atoms with van der Waals surface area (Å²) in [4.78, 5) is 0. The summed E-state index contributed by atoms with van der Waals surface area (Å²) in [5.41, 5.74) is 27.4. The molecule has 28 aromatic carbocycles. The zero-order valence-electron chi connectivity index (χ0n) is 80.6. The third-order valence-electron chi connectivity index (χ3n) is 32.4. The van der Waals surface area contributed by atoms with E-state index in [-0.39, 0.29) is 29.0 Å². The van der Waals surface area contributed by atoms with Gasteiger partial charge in [0.25, 0.3) is 0 Å². The summed E-state index contributed by atoms with van der Waals surface area (Å²) in [6.45, 7) is 0. The predicted octanol–water partition coefficient (Wildman–Crippen LogP) is 40.9. The maximum atomic E-state index is 6.60. The second-order valence-electron chi connectivity index (χ2n) is 40.3. The number of benzene rings is 28. The fourth-order valence-corrected chi connectivity index (χ4v) is 31.0. The van der Waals surface area contributed by atoms with Crippen LogP contribution >= 0.6 is 0 Å². The molecule has 0 unspecified atom stereocenters. The van der Waals surface area contributed by atoms with E-state index in [1.165, 1.54) is 257 Å². The SMILES string of the molecule is c1ccc2c(c1)ccc1c3cc(-c4c5ccccc5c(-c5ccc6[se]c7c(-c8c9ccccc9c(-c9ccc%10oc%11c%12ccccc%12ccc%11c%10c9)c9ccccc89)cccc7c6c5)c5ccccc45)ccc3oc21.c1ccc2c(c1)ccc1oc3ccc(-c4c5ccccc5c(-c5ccc6[se]c7c(-c8c9ccccc9c(-c9ccc%10oc%11ccc%12ccccc%12c%11c%10c9)c9ccccc89)cccc7c6c5)c5ccccc45)cc3c12. The van der Waals surface area contributed by atoms with Gasteiger partial charge in [-0.25, -0.2) is 0 Å². The van der Waals surface area contributed by atoms with Gasteiger partial charge in [-0.05, 0) is 33.7 Å². The Morgan fingerprint density at radius 1 is 0.127 bits per heavy atom. The van der Waals surface area contributed by atoms with Crippen molar-refractivity contribution < 1.29 is 17.7 Å². The van der Waals surface area contributed by atoms with Gasteiger partial charge in [-0.2, -0.15) is 0 Å². The third kappa shape index (κ3) is 12.4. The molecule has 0 aliphatic rings. The van der Waals surface area contributed by atoms with Crippen molar-refractivity contribution in [2.75, 3.05) is 0 Å². The molecular formula is C144H80O4Se2. The van der Waals surface area contributed by atoms with Crippen LogP contribution in [-0.2, 0) is 0 Å². The molecule has 150 heavy (non-hydrogen) atoms. The number of rotatable bonds is 8. The van der Waals surface area contributed by atoms with Crippen LogP contribution in [0.4, 0.5) is 0 Å². The molecule has 0 saturated heterocycles. The molecule has 6 aromatic heterocycles. The first-order valence-corrected chi connectivity index (χ1v) is 54.9. The van der Waals surface area contributed by atoms with E-state index >= 15 is 0 Å². The van der Waals surface area contributed by atoms with Gasteiger partial charge in [-0.1, -0.05) is 109 Å². The molecule has 34 aromatic rings. The zero-order valence-corrected chi connectivity index (χ0v) is 84.1. The van der Waals surface area contributed by atoms with Gasteiger partial charge in [0.15, 0.2) is 0 Å². The Balaban J connectivity index is 0.000000130. The molecule has 0 saturated carbocycles. The number of hydrogen-bond donors (Lipinski definition) is 0.